The van der Waals surface area contributed by atoms with Crippen molar-refractivity contribution in [3.8, 4) is 0 Å². The molecule has 7 aliphatic rings. The van der Waals surface area contributed by atoms with Gasteiger partial charge in [-0.15, -0.1) is 11.6 Å². The largest absolute Gasteiger partial charge is 0.393 e. The normalized spacial score (nSPS) is 31.2. The van der Waals surface area contributed by atoms with E-state index in [9.17, 15) is 59.9 Å². The van der Waals surface area contributed by atoms with Gasteiger partial charge in [0.1, 0.15) is 53.9 Å². The second kappa shape index (κ2) is 37.3. The average Bonchev–Trinajstić information content (AvgIpc) is 0.825. The highest BCUT2D eigenvalue weighted by Gasteiger charge is 2.55. The van der Waals surface area contributed by atoms with E-state index >= 15 is 24.0 Å². The zero-order valence-corrected chi connectivity index (χ0v) is 65.1. The predicted octanol–water partition coefficient (Wildman–Crippen LogP) is 6.51. The highest BCUT2D eigenvalue weighted by Crippen LogP contribution is 2.45. The predicted molar refractivity (Wildman–Crippen MR) is 381 cm³/mol. The van der Waals surface area contributed by atoms with E-state index in [1.54, 1.807) is 20.8 Å². The molecule has 0 aromatic carbocycles. The molecule has 600 valence electrons. The number of hydrogen-bond acceptors (Lipinski definition) is 13. The standard InChI is InChI=1S/C74H117ClF6N12O13/c1-14-33-91-57(37-46-22-26-48(27-23-46)73(76,77)78)68(102)86(9)41-58(94)82-52(29-25-45-24-28-50(51(75)36-45)74(79,80)81)65(99)93-40-49(106-16-3)38-55(93)64(98)84-72(31-19-32-72)71(105)90(13)62(47-20-17-18-21-47)70(104)89(12)56(66(100)85(7)8)39-59(95)88(11)54(35-43(4)5)63(97)83-61(44(6)15-2)69(103)92-34-30-53(92)67(101)87(10)42-60(91)96/h43-57,61-62H,14-42H2,1-13H3,(H,82,94)(H,83,97)(H,84,98)/t44-,45?,46?,48?,49+,50?,51?,52-,53-,54-,55-,56-,57-,61-,62-/m0/s1. The molecule has 25 nitrogen and oxygen atoms in total. The molecule has 4 aliphatic carbocycles. The maximum Gasteiger partial charge on any atom is 0.393 e. The summed E-state index contributed by atoms with van der Waals surface area (Å²) in [4.78, 5) is 191. The second-order valence-electron chi connectivity index (χ2n) is 31.9. The van der Waals surface area contributed by atoms with Gasteiger partial charge < -0.3 is 64.8 Å². The first-order valence-corrected chi connectivity index (χ1v) is 38.9. The van der Waals surface area contributed by atoms with Gasteiger partial charge in [0.25, 0.3) is 0 Å². The maximum absolute atomic E-state index is 15.5. The van der Waals surface area contributed by atoms with E-state index in [-0.39, 0.29) is 135 Å². The number of fused-ring (bicyclic) bond motifs is 2. The Morgan fingerprint density at radius 3 is 1.82 bits per heavy atom. The van der Waals surface area contributed by atoms with Crippen LogP contribution in [0.1, 0.15) is 189 Å². The Bertz CT molecular complexity index is 3130. The van der Waals surface area contributed by atoms with Crippen LogP contribution in [-0.2, 0) is 62.3 Å². The lowest BCUT2D eigenvalue weighted by molar-refractivity contribution is -0.184. The summed E-state index contributed by atoms with van der Waals surface area (Å²) in [5.41, 5.74) is -1.63. The number of carbonyl (C=O) groups excluding carboxylic acids is 12. The number of nitrogens with one attached hydrogen (secondary N) is 3. The van der Waals surface area contributed by atoms with Gasteiger partial charge in [-0.05, 0) is 152 Å². The van der Waals surface area contributed by atoms with Gasteiger partial charge in [0.2, 0.25) is 70.9 Å². The lowest BCUT2D eigenvalue weighted by Gasteiger charge is -2.46. The van der Waals surface area contributed by atoms with E-state index in [4.69, 9.17) is 16.3 Å². The van der Waals surface area contributed by atoms with E-state index in [1.165, 1.54) is 78.7 Å². The Balaban J connectivity index is 1.31. The van der Waals surface area contributed by atoms with Crippen LogP contribution in [0.3, 0.4) is 0 Å². The number of likely N-dealkylation sites (N-methyl/N-ethyl adjacent to an activating group) is 6. The van der Waals surface area contributed by atoms with Gasteiger partial charge in [0, 0.05) is 87.4 Å². The number of ether oxygens (including phenoxy) is 1. The van der Waals surface area contributed by atoms with Crippen molar-refractivity contribution in [2.24, 2.45) is 41.4 Å². The number of halogens is 7. The monoisotopic (exact) mass is 1530 g/mol. The van der Waals surface area contributed by atoms with Crippen molar-refractivity contribution in [3.05, 3.63) is 0 Å². The number of carbonyl (C=O) groups is 12. The summed E-state index contributed by atoms with van der Waals surface area (Å²) in [6, 6.07) is -10.6. The van der Waals surface area contributed by atoms with E-state index < -0.39 is 204 Å². The van der Waals surface area contributed by atoms with Gasteiger partial charge in [0.05, 0.1) is 37.5 Å². The average molecular weight is 1530 g/mol. The molecule has 12 amide bonds. The number of alkyl halides is 7. The lowest BCUT2D eigenvalue weighted by Crippen LogP contribution is -2.68. The number of nitrogens with zero attached hydrogens (tertiary/aromatic N) is 9. The van der Waals surface area contributed by atoms with Gasteiger partial charge in [-0.25, -0.2) is 0 Å². The fourth-order valence-corrected chi connectivity index (χ4v) is 17.5. The van der Waals surface area contributed by atoms with Gasteiger partial charge >= 0.3 is 12.4 Å². The van der Waals surface area contributed by atoms with Gasteiger partial charge in [-0.2, -0.15) is 26.3 Å². The van der Waals surface area contributed by atoms with Crippen molar-refractivity contribution in [1.82, 2.24) is 60.0 Å². The van der Waals surface area contributed by atoms with Crippen LogP contribution in [0.2, 0.25) is 0 Å². The van der Waals surface area contributed by atoms with Gasteiger partial charge in [0.15, 0.2) is 0 Å². The molecular weight excluding hydrogens is 1410 g/mol. The molecule has 3 aliphatic heterocycles. The third-order valence-electron chi connectivity index (χ3n) is 23.8. The van der Waals surface area contributed by atoms with Crippen LogP contribution in [0.15, 0.2) is 0 Å². The molecule has 0 aromatic heterocycles. The van der Waals surface area contributed by atoms with Crippen LogP contribution in [-0.4, -0.2) is 281 Å². The zero-order valence-electron chi connectivity index (χ0n) is 64.3. The van der Waals surface area contributed by atoms with Crippen molar-refractivity contribution < 1.29 is 88.6 Å². The van der Waals surface area contributed by atoms with E-state index in [0.29, 0.717) is 38.5 Å². The molecule has 7 fully saturated rings. The zero-order chi connectivity index (χ0) is 78.8. The first kappa shape index (κ1) is 86.7. The fourth-order valence-electron chi connectivity index (χ4n) is 16.9. The molecule has 3 saturated heterocycles. The van der Waals surface area contributed by atoms with Crippen LogP contribution >= 0.6 is 11.6 Å². The molecule has 0 aromatic rings. The third-order valence-corrected chi connectivity index (χ3v) is 24.3. The van der Waals surface area contributed by atoms with Gasteiger partial charge in [-0.1, -0.05) is 53.9 Å². The Morgan fingerprint density at radius 1 is 0.651 bits per heavy atom. The molecule has 7 rings (SSSR count). The summed E-state index contributed by atoms with van der Waals surface area (Å²) in [6.45, 7) is 9.21. The number of rotatable bonds is 15. The molecule has 0 bridgehead atoms. The summed E-state index contributed by atoms with van der Waals surface area (Å²) < 4.78 is 90.6. The summed E-state index contributed by atoms with van der Waals surface area (Å²) in [6.07, 6.45) is -7.46. The summed E-state index contributed by atoms with van der Waals surface area (Å²) in [5, 5.41) is 7.36. The molecular formula is C74H117ClF6N12O13. The van der Waals surface area contributed by atoms with Crippen molar-refractivity contribution in [2.45, 2.75) is 267 Å². The van der Waals surface area contributed by atoms with Crippen LogP contribution in [0.4, 0.5) is 26.3 Å². The second-order valence-corrected chi connectivity index (χ2v) is 32.5. The Morgan fingerprint density at radius 2 is 1.28 bits per heavy atom. The van der Waals surface area contributed by atoms with Crippen LogP contribution in [0, 0.1) is 41.4 Å². The molecule has 0 radical (unpaired) electrons. The van der Waals surface area contributed by atoms with Crippen molar-refractivity contribution in [2.75, 3.05) is 88.7 Å². The summed E-state index contributed by atoms with van der Waals surface area (Å²) in [7, 11) is 9.77. The van der Waals surface area contributed by atoms with Crippen molar-refractivity contribution >= 4 is 82.5 Å². The van der Waals surface area contributed by atoms with E-state index in [1.807, 2.05) is 20.8 Å². The number of amides is 12. The van der Waals surface area contributed by atoms with E-state index in [2.05, 4.69) is 16.0 Å². The Kier molecular flexibility index (Phi) is 30.5. The number of hydrogen-bond donors (Lipinski definition) is 3. The van der Waals surface area contributed by atoms with Crippen molar-refractivity contribution in [1.29, 1.82) is 0 Å². The highest BCUT2D eigenvalue weighted by molar-refractivity contribution is 6.21. The smallest absolute Gasteiger partial charge is 0.377 e. The quantitative estimate of drug-likeness (QED) is 0.117. The van der Waals surface area contributed by atoms with Crippen LogP contribution < -0.4 is 16.0 Å². The SMILES string of the molecule is CCCN1C(=O)CN(C)C(=O)[C@@H]2CCN2C(=O)[C@H]([C@@H](C)CC)NC(=O)[C@H](CC(C)C)N(C)C(=O)C[C@@H](C(=O)N(C)C)N(C)C(=O)[C@H](C2CCCC2)N(C)C(=O)C2(CCC2)NC(=O)[C@@H]2C[C@@H](OCC)CN2C(=O)[C@H](CCC2CCC(C(F)(F)F)C(Cl)C2)NC(=O)CN(C)C(=O)[C@@H]1CC1CCC(C(F)(F)F)CC1. The third kappa shape index (κ3) is 20.9. The lowest BCUT2D eigenvalue weighted by atomic mass is 9.74. The molecule has 3 unspecified atom stereocenters. The minimum absolute atomic E-state index is 0.0427. The topological polar surface area (TPSA) is 279 Å². The maximum atomic E-state index is 15.5. The minimum Gasteiger partial charge on any atom is -0.377 e. The minimum atomic E-state index is -4.57. The first-order valence-electron chi connectivity index (χ1n) is 38.4. The van der Waals surface area contributed by atoms with Crippen molar-refractivity contribution in [3.63, 3.8) is 0 Å². The first-order chi connectivity index (χ1) is 49.7. The van der Waals surface area contributed by atoms with Gasteiger partial charge in [-0.3, -0.25) is 57.5 Å². The summed E-state index contributed by atoms with van der Waals surface area (Å²) in [5.74, 6) is -14.2. The molecule has 13 atom stereocenters. The van der Waals surface area contributed by atoms with Crippen LogP contribution in [0.5, 0.6) is 0 Å². The molecule has 3 heterocycles. The van der Waals surface area contributed by atoms with Crippen LogP contribution in [0.25, 0.3) is 0 Å². The molecule has 106 heavy (non-hydrogen) atoms. The Labute approximate surface area is 625 Å². The van der Waals surface area contributed by atoms with E-state index in [0.717, 1.165) is 14.7 Å². The molecule has 3 N–H and O–H groups in total. The fraction of sp³-hybridized carbons (Fsp3) is 0.838. The highest BCUT2D eigenvalue weighted by atomic mass is 35.5. The molecule has 32 heteroatoms. The molecule has 4 saturated carbocycles. The molecule has 1 spiro atoms. The summed E-state index contributed by atoms with van der Waals surface area (Å²) >= 11 is 6.42. The Hall–Kier alpha value is -6.53.